The quantitative estimate of drug-likeness (QED) is 0.805. The van der Waals surface area contributed by atoms with Crippen molar-refractivity contribution in [2.75, 3.05) is 14.1 Å². The van der Waals surface area contributed by atoms with Crippen molar-refractivity contribution in [2.45, 2.75) is 20.3 Å². The summed E-state index contributed by atoms with van der Waals surface area (Å²) in [5.74, 6) is -0.0438. The molecule has 0 radical (unpaired) electrons. The van der Waals surface area contributed by atoms with Gasteiger partial charge >= 0.3 is 0 Å². The van der Waals surface area contributed by atoms with Crippen LogP contribution in [0, 0.1) is 13.8 Å². The first-order valence-corrected chi connectivity index (χ1v) is 7.89. The third-order valence-electron chi connectivity index (χ3n) is 4.24. The van der Waals surface area contributed by atoms with Crippen molar-refractivity contribution in [3.05, 3.63) is 63.6 Å². The highest BCUT2D eigenvalue weighted by atomic mass is 16.2. The number of aromatic amines is 1. The molecular formula is C19H21N3O2. The van der Waals surface area contributed by atoms with Crippen LogP contribution in [0.25, 0.3) is 16.9 Å². The van der Waals surface area contributed by atoms with Gasteiger partial charge in [-0.25, -0.2) is 0 Å². The molecule has 2 heterocycles. The van der Waals surface area contributed by atoms with E-state index in [1.54, 1.807) is 36.4 Å². The Morgan fingerprint density at radius 3 is 2.38 bits per heavy atom. The zero-order chi connectivity index (χ0) is 17.4. The molecule has 0 unspecified atom stereocenters. The Morgan fingerprint density at radius 1 is 1.08 bits per heavy atom. The topological polar surface area (TPSA) is 57.6 Å². The zero-order valence-electron chi connectivity index (χ0n) is 14.4. The van der Waals surface area contributed by atoms with E-state index in [1.807, 2.05) is 37.3 Å². The third kappa shape index (κ3) is 2.73. The van der Waals surface area contributed by atoms with Gasteiger partial charge in [0.25, 0.3) is 5.56 Å². The molecule has 2 aromatic heterocycles. The van der Waals surface area contributed by atoms with Crippen molar-refractivity contribution < 1.29 is 4.79 Å². The van der Waals surface area contributed by atoms with Crippen LogP contribution < -0.4 is 5.56 Å². The summed E-state index contributed by atoms with van der Waals surface area (Å²) in [6.07, 6.45) is 0.166. The Hall–Kier alpha value is -2.82. The molecule has 0 spiro atoms. The molecule has 0 aliphatic rings. The highest BCUT2D eigenvalue weighted by Gasteiger charge is 2.18. The molecule has 5 heteroatoms. The Kier molecular flexibility index (Phi) is 4.01. The number of nitrogens with zero attached hydrogens (tertiary/aromatic N) is 2. The molecule has 0 aliphatic carbocycles. The largest absolute Gasteiger partial charge is 0.348 e. The van der Waals surface area contributed by atoms with Gasteiger partial charge < -0.3 is 9.88 Å². The molecule has 0 aliphatic heterocycles. The SMILES string of the molecule is Cc1ccc(-c2[nH]c3ccc(C)c(=O)n3c2CC(=O)N(C)C)cc1. The van der Waals surface area contributed by atoms with Crippen LogP contribution in [0.4, 0.5) is 0 Å². The van der Waals surface area contributed by atoms with E-state index in [1.165, 1.54) is 0 Å². The number of imidazole rings is 1. The summed E-state index contributed by atoms with van der Waals surface area (Å²) in [6.45, 7) is 3.81. The molecule has 0 bridgehead atoms. The molecule has 3 rings (SSSR count). The number of benzene rings is 1. The predicted octanol–water partition coefficient (Wildman–Crippen LogP) is 2.54. The van der Waals surface area contributed by atoms with E-state index in [-0.39, 0.29) is 17.9 Å². The molecule has 24 heavy (non-hydrogen) atoms. The number of nitrogens with one attached hydrogen (secondary N) is 1. The van der Waals surface area contributed by atoms with Gasteiger partial charge in [-0.3, -0.25) is 14.0 Å². The minimum Gasteiger partial charge on any atom is -0.348 e. The van der Waals surface area contributed by atoms with E-state index in [0.717, 1.165) is 16.8 Å². The number of likely N-dealkylation sites (N-methyl/N-ethyl adjacent to an activating group) is 1. The molecule has 124 valence electrons. The summed E-state index contributed by atoms with van der Waals surface area (Å²) >= 11 is 0. The smallest absolute Gasteiger partial charge is 0.259 e. The summed E-state index contributed by atoms with van der Waals surface area (Å²) in [5.41, 5.74) is 4.89. The number of amides is 1. The van der Waals surface area contributed by atoms with Gasteiger partial charge in [0.1, 0.15) is 5.65 Å². The number of aromatic nitrogens is 2. The minimum absolute atomic E-state index is 0.0438. The number of pyridine rings is 1. The molecule has 3 aromatic rings. The minimum atomic E-state index is -0.0938. The lowest BCUT2D eigenvalue weighted by molar-refractivity contribution is -0.128. The lowest BCUT2D eigenvalue weighted by Crippen LogP contribution is -2.26. The van der Waals surface area contributed by atoms with Gasteiger partial charge in [0, 0.05) is 19.7 Å². The number of carbonyl (C=O) groups excluding carboxylic acids is 1. The molecular weight excluding hydrogens is 302 g/mol. The fourth-order valence-electron chi connectivity index (χ4n) is 2.74. The average Bonchev–Trinajstić information content (AvgIpc) is 2.91. The van der Waals surface area contributed by atoms with E-state index in [9.17, 15) is 9.59 Å². The standard InChI is InChI=1S/C19H21N3O2/c1-12-5-8-14(9-6-12)18-15(11-17(23)21(3)4)22-16(20-18)10-7-13(2)19(22)24/h5-10,20H,11H2,1-4H3. The number of hydrogen-bond donors (Lipinski definition) is 1. The maximum absolute atomic E-state index is 12.6. The van der Waals surface area contributed by atoms with E-state index in [2.05, 4.69) is 4.98 Å². The van der Waals surface area contributed by atoms with Crippen LogP contribution in [-0.2, 0) is 11.2 Å². The fraction of sp³-hybridized carbons (Fsp3) is 0.263. The molecule has 0 atom stereocenters. The van der Waals surface area contributed by atoms with Crippen molar-refractivity contribution >= 4 is 11.6 Å². The summed E-state index contributed by atoms with van der Waals surface area (Å²) in [4.78, 5) is 29.7. The summed E-state index contributed by atoms with van der Waals surface area (Å²) in [5, 5.41) is 0. The number of fused-ring (bicyclic) bond motifs is 1. The first kappa shape index (κ1) is 16.1. The number of carbonyl (C=O) groups is 1. The summed E-state index contributed by atoms with van der Waals surface area (Å²) in [6, 6.07) is 11.7. The molecule has 0 fully saturated rings. The van der Waals surface area contributed by atoms with Gasteiger partial charge in [-0.2, -0.15) is 0 Å². The van der Waals surface area contributed by atoms with Crippen LogP contribution >= 0.6 is 0 Å². The number of hydrogen-bond acceptors (Lipinski definition) is 2. The van der Waals surface area contributed by atoms with Crippen LogP contribution in [0.2, 0.25) is 0 Å². The monoisotopic (exact) mass is 323 g/mol. The zero-order valence-corrected chi connectivity index (χ0v) is 14.4. The van der Waals surface area contributed by atoms with Gasteiger partial charge in [-0.1, -0.05) is 35.9 Å². The van der Waals surface area contributed by atoms with Gasteiger partial charge in [-0.15, -0.1) is 0 Å². The Labute approximate surface area is 140 Å². The second-order valence-corrected chi connectivity index (χ2v) is 6.32. The molecule has 1 aromatic carbocycles. The van der Waals surface area contributed by atoms with Crippen LogP contribution in [0.15, 0.2) is 41.2 Å². The van der Waals surface area contributed by atoms with Gasteiger partial charge in [0.15, 0.2) is 0 Å². The van der Waals surface area contributed by atoms with Crippen LogP contribution in [0.1, 0.15) is 16.8 Å². The highest BCUT2D eigenvalue weighted by molar-refractivity contribution is 5.81. The van der Waals surface area contributed by atoms with Crippen molar-refractivity contribution in [3.8, 4) is 11.3 Å². The van der Waals surface area contributed by atoms with E-state index in [0.29, 0.717) is 16.9 Å². The van der Waals surface area contributed by atoms with Gasteiger partial charge in [0.2, 0.25) is 5.91 Å². The molecule has 1 amide bonds. The average molecular weight is 323 g/mol. The van der Waals surface area contributed by atoms with Gasteiger partial charge in [-0.05, 0) is 25.5 Å². The van der Waals surface area contributed by atoms with Crippen molar-refractivity contribution in [3.63, 3.8) is 0 Å². The van der Waals surface area contributed by atoms with E-state index < -0.39 is 0 Å². The number of H-pyrrole nitrogens is 1. The second-order valence-electron chi connectivity index (χ2n) is 6.32. The fourth-order valence-corrected chi connectivity index (χ4v) is 2.74. The van der Waals surface area contributed by atoms with Crippen molar-refractivity contribution in [2.24, 2.45) is 0 Å². The molecule has 1 N–H and O–H groups in total. The Morgan fingerprint density at radius 2 is 1.75 bits per heavy atom. The first-order chi connectivity index (χ1) is 11.4. The Bertz CT molecular complexity index is 963. The molecule has 5 nitrogen and oxygen atoms in total. The van der Waals surface area contributed by atoms with Crippen LogP contribution in [0.5, 0.6) is 0 Å². The Balaban J connectivity index is 2.28. The lowest BCUT2D eigenvalue weighted by Gasteiger charge is -2.11. The maximum Gasteiger partial charge on any atom is 0.259 e. The molecule has 0 saturated carbocycles. The lowest BCUT2D eigenvalue weighted by atomic mass is 10.1. The van der Waals surface area contributed by atoms with E-state index >= 15 is 0 Å². The summed E-state index contributed by atoms with van der Waals surface area (Å²) in [7, 11) is 3.44. The van der Waals surface area contributed by atoms with Crippen LogP contribution in [-0.4, -0.2) is 34.3 Å². The van der Waals surface area contributed by atoms with Crippen molar-refractivity contribution in [1.29, 1.82) is 0 Å². The van der Waals surface area contributed by atoms with Crippen LogP contribution in [0.3, 0.4) is 0 Å². The third-order valence-corrected chi connectivity index (χ3v) is 4.24. The first-order valence-electron chi connectivity index (χ1n) is 7.89. The molecule has 0 saturated heterocycles. The van der Waals surface area contributed by atoms with Gasteiger partial charge in [0.05, 0.1) is 17.8 Å². The number of aryl methyl sites for hydroxylation is 2. The normalized spacial score (nSPS) is 11.0. The van der Waals surface area contributed by atoms with Crippen molar-refractivity contribution in [1.82, 2.24) is 14.3 Å². The second kappa shape index (κ2) is 6.00. The predicted molar refractivity (Wildman–Crippen MR) is 95.3 cm³/mol. The maximum atomic E-state index is 12.6. The highest BCUT2D eigenvalue weighted by Crippen LogP contribution is 2.25. The number of rotatable bonds is 3. The van der Waals surface area contributed by atoms with E-state index in [4.69, 9.17) is 0 Å². The summed E-state index contributed by atoms with van der Waals surface area (Å²) < 4.78 is 1.62.